The number of Topliss-reactive ketones (excluding diaryl/α,β-unsaturated/α-hetero) is 1. The van der Waals surface area contributed by atoms with E-state index in [2.05, 4.69) is 0 Å². The molecule has 3 nitrogen and oxygen atoms in total. The summed E-state index contributed by atoms with van der Waals surface area (Å²) in [6.07, 6.45) is 1.96. The molecule has 0 atom stereocenters. The first-order valence-electron chi connectivity index (χ1n) is 2.43. The number of carbonyl (C=O) groups is 2. The maximum Gasteiger partial charge on any atom is 1.00 e. The number of thioether (sulfide) groups is 1. The molecule has 0 heterocycles. The smallest absolute Gasteiger partial charge is 1.00 e. The van der Waals surface area contributed by atoms with Crippen molar-refractivity contribution in [1.82, 2.24) is 0 Å². The monoisotopic (exact) mass is 188 g/mol. The van der Waals surface area contributed by atoms with Crippen LogP contribution in [-0.4, -0.2) is 28.9 Å². The van der Waals surface area contributed by atoms with Crippen LogP contribution in [0.2, 0.25) is 0 Å². The quantitative estimate of drug-likeness (QED) is 0.392. The summed E-state index contributed by atoms with van der Waals surface area (Å²) in [7, 11) is 0. The molecule has 0 spiro atoms. The molecule has 0 saturated carbocycles. The van der Waals surface area contributed by atoms with Crippen molar-refractivity contribution in [1.29, 1.82) is 0 Å². The molecule has 0 aromatic rings. The zero-order valence-electron chi connectivity index (χ0n) is 7.09. The second-order valence-electron chi connectivity index (χ2n) is 1.47. The van der Waals surface area contributed by atoms with Gasteiger partial charge in [-0.2, -0.15) is 11.8 Å². The van der Waals surface area contributed by atoms with E-state index in [0.29, 0.717) is 5.75 Å². The van der Waals surface area contributed by atoms with Gasteiger partial charge in [0.15, 0.2) is 0 Å². The largest absolute Gasteiger partial charge is 1.00 e. The molecule has 0 rings (SSSR count). The minimum Gasteiger partial charge on any atom is -1.00 e. The Kier molecular flexibility index (Phi) is 11.3. The van der Waals surface area contributed by atoms with Crippen LogP contribution in [0.1, 0.15) is 7.85 Å². The number of hydrogen-bond donors (Lipinski definition) is 1. The van der Waals surface area contributed by atoms with Gasteiger partial charge >= 0.3 is 57.4 Å². The Morgan fingerprint density at radius 2 is 2.10 bits per heavy atom. The van der Waals surface area contributed by atoms with Crippen LogP contribution < -0.4 is 51.4 Å². The molecule has 0 bridgehead atoms. The van der Waals surface area contributed by atoms with Crippen molar-refractivity contribution in [2.24, 2.45) is 0 Å². The molecular weight excluding hydrogens is 179 g/mol. The maximum atomic E-state index is 10.3. The van der Waals surface area contributed by atoms with Gasteiger partial charge in [-0.1, -0.05) is 0 Å². The second-order valence-corrected chi connectivity index (χ2v) is 2.46. The van der Waals surface area contributed by atoms with E-state index in [4.69, 9.17) is 5.11 Å². The van der Waals surface area contributed by atoms with Crippen LogP contribution in [0.25, 0.3) is 0 Å². The van der Waals surface area contributed by atoms with Crippen LogP contribution in [0.15, 0.2) is 0 Å². The van der Waals surface area contributed by atoms with Gasteiger partial charge in [-0.25, -0.2) is 4.79 Å². The Hall–Kier alpha value is 1.13. The molecule has 0 unspecified atom stereocenters. The van der Waals surface area contributed by atoms with Gasteiger partial charge in [0.2, 0.25) is 5.78 Å². The maximum absolute atomic E-state index is 10.3. The van der Waals surface area contributed by atoms with Crippen molar-refractivity contribution in [3.8, 4) is 0 Å². The minimum absolute atomic E-state index is 0. The molecule has 0 aliphatic rings. The van der Waals surface area contributed by atoms with Gasteiger partial charge in [0.25, 0.3) is 0 Å². The number of hydrogen-bond acceptors (Lipinski definition) is 3. The molecule has 0 aliphatic heterocycles. The van der Waals surface area contributed by atoms with Crippen LogP contribution in [0.4, 0.5) is 0 Å². The van der Waals surface area contributed by atoms with Crippen LogP contribution in [0, 0.1) is 0 Å². The van der Waals surface area contributed by atoms with Gasteiger partial charge in [-0.05, 0) is 6.26 Å². The average Bonchev–Trinajstić information content (AvgIpc) is 1.82. The summed E-state index contributed by atoms with van der Waals surface area (Å²) in [6, 6.07) is 0. The number of carbonyl (C=O) groups excluding carboxylic acids is 1. The third-order valence-corrected chi connectivity index (χ3v) is 1.38. The first-order valence-corrected chi connectivity index (χ1v) is 3.83. The van der Waals surface area contributed by atoms with Gasteiger partial charge < -0.3 is 6.53 Å². The third kappa shape index (κ3) is 7.24. The normalized spacial score (nSPS) is 8.10. The summed E-state index contributed by atoms with van der Waals surface area (Å²) < 4.78 is 0. The van der Waals surface area contributed by atoms with Gasteiger partial charge in [-0.3, -0.25) is 4.79 Å². The van der Waals surface area contributed by atoms with Crippen molar-refractivity contribution < 1.29 is 67.5 Å². The molecule has 1 N–H and O–H groups in total. The Morgan fingerprint density at radius 3 is 2.40 bits per heavy atom. The minimum atomic E-state index is -1.33. The number of carboxylic acids is 1. The van der Waals surface area contributed by atoms with Crippen molar-refractivity contribution in [3.05, 3.63) is 0 Å². The van der Waals surface area contributed by atoms with E-state index in [1.165, 1.54) is 11.8 Å². The van der Waals surface area contributed by atoms with Crippen molar-refractivity contribution in [2.45, 2.75) is 6.42 Å². The Balaban J connectivity index is -0.000000320. The molecule has 0 radical (unpaired) electrons. The fourth-order valence-electron chi connectivity index (χ4n) is 0.302. The van der Waals surface area contributed by atoms with Crippen LogP contribution in [0.3, 0.4) is 0 Å². The second kappa shape index (κ2) is 8.23. The van der Waals surface area contributed by atoms with E-state index in [-0.39, 0.29) is 59.2 Å². The van der Waals surface area contributed by atoms with E-state index in [1.807, 2.05) is 6.26 Å². The number of rotatable bonds is 4. The summed E-state index contributed by atoms with van der Waals surface area (Å²) >= 11 is 1.46. The fourth-order valence-corrected chi connectivity index (χ4v) is 0.691. The molecule has 0 amide bonds. The van der Waals surface area contributed by atoms with Gasteiger partial charge in [0.05, 0.1) is 0 Å². The van der Waals surface area contributed by atoms with E-state index in [1.54, 1.807) is 0 Å². The Labute approximate surface area is 108 Å². The predicted molar refractivity (Wildman–Crippen MR) is 36.8 cm³/mol. The number of ketones is 1. The third-order valence-electron chi connectivity index (χ3n) is 0.772. The Bertz CT molecular complexity index is 131. The summed E-state index contributed by atoms with van der Waals surface area (Å²) in [6.45, 7) is 0. The van der Waals surface area contributed by atoms with E-state index >= 15 is 0 Å². The van der Waals surface area contributed by atoms with Crippen LogP contribution >= 0.6 is 11.8 Å². The summed E-state index contributed by atoms with van der Waals surface area (Å²) in [4.78, 5) is 20.1. The van der Waals surface area contributed by atoms with Crippen LogP contribution in [0.5, 0.6) is 0 Å². The van der Waals surface area contributed by atoms with Crippen molar-refractivity contribution in [2.75, 3.05) is 12.0 Å². The van der Waals surface area contributed by atoms with E-state index < -0.39 is 11.8 Å². The molecule has 0 aromatic heterocycles. The Morgan fingerprint density at radius 1 is 1.60 bits per heavy atom. The first kappa shape index (κ1) is 13.7. The molecule has 54 valence electrons. The topological polar surface area (TPSA) is 54.4 Å². The molecule has 0 aliphatic carbocycles. The van der Waals surface area contributed by atoms with Gasteiger partial charge in [-0.15, -0.1) is 0 Å². The standard InChI is InChI=1S/C5H8O3S.K.H/c1-9-3-2-4(6)5(7)8;;/h2-3H2,1H3,(H,7,8);;/q;+1;-1. The van der Waals surface area contributed by atoms with Crippen LogP contribution in [-0.2, 0) is 9.59 Å². The molecule has 0 fully saturated rings. The summed E-state index contributed by atoms with van der Waals surface area (Å²) in [5, 5.41) is 8.05. The molecule has 0 saturated heterocycles. The summed E-state index contributed by atoms with van der Waals surface area (Å²) in [5.74, 6) is -1.45. The fraction of sp³-hybridized carbons (Fsp3) is 0.600. The number of carboxylic acid groups (broad SMARTS) is 1. The SMILES string of the molecule is CSCCC(=O)C(=O)O.[H-].[K+]. The van der Waals surface area contributed by atoms with E-state index in [0.717, 1.165) is 0 Å². The summed E-state index contributed by atoms with van der Waals surface area (Å²) in [5.41, 5.74) is 0. The average molecular weight is 188 g/mol. The van der Waals surface area contributed by atoms with Gasteiger partial charge in [0, 0.05) is 12.2 Å². The van der Waals surface area contributed by atoms with E-state index in [9.17, 15) is 9.59 Å². The zero-order chi connectivity index (χ0) is 7.28. The zero-order valence-corrected chi connectivity index (χ0v) is 10.0. The van der Waals surface area contributed by atoms with Gasteiger partial charge in [0.1, 0.15) is 0 Å². The molecule has 10 heavy (non-hydrogen) atoms. The molecule has 0 aromatic carbocycles. The number of aliphatic carboxylic acids is 1. The molecular formula is C5H9KO3S. The first-order chi connectivity index (χ1) is 4.18. The van der Waals surface area contributed by atoms with Crippen molar-refractivity contribution in [3.63, 3.8) is 0 Å². The predicted octanol–water partition coefficient (Wildman–Crippen LogP) is -2.49. The molecule has 5 heteroatoms. The van der Waals surface area contributed by atoms with Crippen molar-refractivity contribution >= 4 is 23.5 Å².